The number of hydrogen-bond donors (Lipinski definition) is 1. The number of aromatic nitrogens is 1. The Bertz CT molecular complexity index is 304. The highest BCUT2D eigenvalue weighted by Gasteiger charge is 2.18. The van der Waals surface area contributed by atoms with Crippen LogP contribution in [0.4, 0.5) is 14.6 Å². The first-order chi connectivity index (χ1) is 5.54. The quantitative estimate of drug-likeness (QED) is 0.778. The summed E-state index contributed by atoms with van der Waals surface area (Å²) in [6.07, 6.45) is -1.63. The van der Waals surface area contributed by atoms with Gasteiger partial charge in [0.25, 0.3) is 6.43 Å². The van der Waals surface area contributed by atoms with Crippen molar-refractivity contribution in [1.29, 1.82) is 0 Å². The fourth-order valence-electron chi connectivity index (χ4n) is 0.701. The summed E-state index contributed by atoms with van der Waals surface area (Å²) >= 11 is 10.9. The molecule has 0 aliphatic carbocycles. The van der Waals surface area contributed by atoms with Crippen molar-refractivity contribution >= 4 is 29.0 Å². The van der Waals surface area contributed by atoms with E-state index in [0.29, 0.717) is 0 Å². The van der Waals surface area contributed by atoms with Gasteiger partial charge in [-0.3, -0.25) is 0 Å². The minimum atomic E-state index is -2.76. The molecule has 2 nitrogen and oxygen atoms in total. The molecule has 0 fully saturated rings. The third-order valence-electron chi connectivity index (χ3n) is 1.26. The molecule has 0 unspecified atom stereocenters. The summed E-state index contributed by atoms with van der Waals surface area (Å²) in [6, 6.07) is 0. The van der Waals surface area contributed by atoms with Crippen molar-refractivity contribution < 1.29 is 8.78 Å². The lowest BCUT2D eigenvalue weighted by Crippen LogP contribution is -1.99. The Balaban J connectivity index is 3.33. The average Bonchev–Trinajstić information content (AvgIpc) is 1.97. The number of alkyl halides is 2. The van der Waals surface area contributed by atoms with E-state index in [0.717, 1.165) is 6.20 Å². The van der Waals surface area contributed by atoms with Crippen LogP contribution >= 0.6 is 23.2 Å². The first kappa shape index (κ1) is 9.48. The van der Waals surface area contributed by atoms with Crippen molar-refractivity contribution in [2.24, 2.45) is 0 Å². The minimum Gasteiger partial charge on any atom is -0.383 e. The topological polar surface area (TPSA) is 38.9 Å². The second-order valence-corrected chi connectivity index (χ2v) is 2.80. The Hall–Kier alpha value is -0.610. The van der Waals surface area contributed by atoms with Crippen LogP contribution in [0.5, 0.6) is 0 Å². The summed E-state index contributed by atoms with van der Waals surface area (Å²) in [5.41, 5.74) is 4.65. The summed E-state index contributed by atoms with van der Waals surface area (Å²) in [6.45, 7) is 0. The van der Waals surface area contributed by atoms with Crippen molar-refractivity contribution in [2.45, 2.75) is 6.43 Å². The highest BCUT2D eigenvalue weighted by molar-refractivity contribution is 6.42. The number of rotatable bonds is 1. The molecule has 0 aliphatic rings. The summed E-state index contributed by atoms with van der Waals surface area (Å²) < 4.78 is 24.4. The highest BCUT2D eigenvalue weighted by Crippen LogP contribution is 2.34. The molecule has 0 aromatic carbocycles. The van der Waals surface area contributed by atoms with Crippen LogP contribution < -0.4 is 5.73 Å². The van der Waals surface area contributed by atoms with Gasteiger partial charge in [-0.05, 0) is 0 Å². The second-order valence-electron chi connectivity index (χ2n) is 2.02. The SMILES string of the molecule is Nc1ncc(Cl)c(Cl)c1C(F)F. The zero-order chi connectivity index (χ0) is 9.30. The molecular weight excluding hydrogens is 209 g/mol. The third kappa shape index (κ3) is 1.59. The number of pyridine rings is 1. The van der Waals surface area contributed by atoms with Crippen LogP contribution in [0, 0.1) is 0 Å². The van der Waals surface area contributed by atoms with Crippen molar-refractivity contribution in [1.82, 2.24) is 4.98 Å². The van der Waals surface area contributed by atoms with Gasteiger partial charge in [-0.15, -0.1) is 0 Å². The monoisotopic (exact) mass is 212 g/mol. The first-order valence-corrected chi connectivity index (χ1v) is 3.67. The van der Waals surface area contributed by atoms with Gasteiger partial charge < -0.3 is 5.73 Å². The van der Waals surface area contributed by atoms with E-state index in [4.69, 9.17) is 28.9 Å². The maximum absolute atomic E-state index is 12.2. The number of halogens is 4. The van der Waals surface area contributed by atoms with Crippen LogP contribution in [-0.2, 0) is 0 Å². The van der Waals surface area contributed by atoms with Crippen LogP contribution in [0.25, 0.3) is 0 Å². The standard InChI is InChI=1S/C6H4Cl2F2N2/c7-2-1-12-6(11)3(4(2)8)5(9)10/h1,5H,(H2,11,12). The van der Waals surface area contributed by atoms with E-state index in [9.17, 15) is 8.78 Å². The molecule has 6 heteroatoms. The maximum Gasteiger partial charge on any atom is 0.268 e. The smallest absolute Gasteiger partial charge is 0.268 e. The summed E-state index contributed by atoms with van der Waals surface area (Å²) in [5.74, 6) is -0.292. The van der Waals surface area contributed by atoms with E-state index in [1.807, 2.05) is 0 Å². The zero-order valence-electron chi connectivity index (χ0n) is 5.69. The molecule has 1 aromatic rings. The van der Waals surface area contributed by atoms with Crippen LogP contribution in [0.1, 0.15) is 12.0 Å². The molecule has 2 N–H and O–H groups in total. The van der Waals surface area contributed by atoms with Crippen molar-refractivity contribution in [3.8, 4) is 0 Å². The van der Waals surface area contributed by atoms with Gasteiger partial charge in [-0.25, -0.2) is 13.8 Å². The number of nitrogens with zero attached hydrogens (tertiary/aromatic N) is 1. The zero-order valence-corrected chi connectivity index (χ0v) is 7.20. The van der Waals surface area contributed by atoms with Gasteiger partial charge in [-0.1, -0.05) is 23.2 Å². The van der Waals surface area contributed by atoms with Crippen LogP contribution in [0.15, 0.2) is 6.20 Å². The normalized spacial score (nSPS) is 10.8. The van der Waals surface area contributed by atoms with Gasteiger partial charge in [0.1, 0.15) is 5.82 Å². The van der Waals surface area contributed by atoms with Crippen LogP contribution in [0.2, 0.25) is 10.0 Å². The van der Waals surface area contributed by atoms with E-state index in [1.165, 1.54) is 0 Å². The Morgan fingerprint density at radius 2 is 2.00 bits per heavy atom. The molecule has 1 heterocycles. The van der Waals surface area contributed by atoms with Gasteiger partial charge in [0, 0.05) is 6.20 Å². The fraction of sp³-hybridized carbons (Fsp3) is 0.167. The fourth-order valence-corrected chi connectivity index (χ4v) is 1.08. The molecule has 0 amide bonds. The Labute approximate surface area is 77.3 Å². The number of anilines is 1. The molecule has 0 atom stereocenters. The van der Waals surface area contributed by atoms with Gasteiger partial charge in [0.2, 0.25) is 0 Å². The lowest BCUT2D eigenvalue weighted by atomic mass is 10.2. The summed E-state index contributed by atoms with van der Waals surface area (Å²) in [5, 5.41) is -0.264. The maximum atomic E-state index is 12.2. The third-order valence-corrected chi connectivity index (χ3v) is 2.05. The second kappa shape index (κ2) is 3.41. The summed E-state index contributed by atoms with van der Waals surface area (Å²) in [7, 11) is 0. The van der Waals surface area contributed by atoms with E-state index in [-0.39, 0.29) is 15.9 Å². The number of hydrogen-bond acceptors (Lipinski definition) is 2. The Morgan fingerprint density at radius 1 is 1.42 bits per heavy atom. The van der Waals surface area contributed by atoms with Crippen molar-refractivity contribution in [2.75, 3.05) is 5.73 Å². The van der Waals surface area contributed by atoms with Gasteiger partial charge in [0.05, 0.1) is 15.6 Å². The van der Waals surface area contributed by atoms with Crippen molar-refractivity contribution in [3.63, 3.8) is 0 Å². The number of nitrogen functional groups attached to an aromatic ring is 1. The molecule has 0 bridgehead atoms. The molecular formula is C6H4Cl2F2N2. The summed E-state index contributed by atoms with van der Waals surface area (Å²) in [4.78, 5) is 3.44. The van der Waals surface area contributed by atoms with E-state index < -0.39 is 12.0 Å². The lowest BCUT2D eigenvalue weighted by Gasteiger charge is -2.06. The molecule has 0 aliphatic heterocycles. The van der Waals surface area contributed by atoms with Gasteiger partial charge in [0.15, 0.2) is 0 Å². The minimum absolute atomic E-state index is 0.0267. The Kier molecular flexibility index (Phi) is 2.69. The van der Waals surface area contributed by atoms with Gasteiger partial charge in [-0.2, -0.15) is 0 Å². The predicted octanol–water partition coefficient (Wildman–Crippen LogP) is 2.91. The van der Waals surface area contributed by atoms with E-state index in [2.05, 4.69) is 4.98 Å². The van der Waals surface area contributed by atoms with E-state index >= 15 is 0 Å². The van der Waals surface area contributed by atoms with Crippen LogP contribution in [0.3, 0.4) is 0 Å². The van der Waals surface area contributed by atoms with E-state index in [1.54, 1.807) is 0 Å². The molecule has 1 rings (SSSR count). The largest absolute Gasteiger partial charge is 0.383 e. The molecule has 0 saturated heterocycles. The molecule has 0 saturated carbocycles. The molecule has 12 heavy (non-hydrogen) atoms. The first-order valence-electron chi connectivity index (χ1n) is 2.91. The molecule has 0 spiro atoms. The number of nitrogens with two attached hydrogens (primary N) is 1. The Morgan fingerprint density at radius 3 is 2.42 bits per heavy atom. The molecule has 1 aromatic heterocycles. The van der Waals surface area contributed by atoms with Crippen LogP contribution in [-0.4, -0.2) is 4.98 Å². The predicted molar refractivity (Wildman–Crippen MR) is 43.6 cm³/mol. The molecule has 0 radical (unpaired) electrons. The molecule has 66 valence electrons. The highest BCUT2D eigenvalue weighted by atomic mass is 35.5. The van der Waals surface area contributed by atoms with Crippen molar-refractivity contribution in [3.05, 3.63) is 21.8 Å². The lowest BCUT2D eigenvalue weighted by molar-refractivity contribution is 0.152. The van der Waals surface area contributed by atoms with Gasteiger partial charge >= 0.3 is 0 Å². The average molecular weight is 213 g/mol.